The summed E-state index contributed by atoms with van der Waals surface area (Å²) in [6, 6.07) is 0.404. The second kappa shape index (κ2) is 9.24. The van der Waals surface area contributed by atoms with Crippen LogP contribution in [0, 0.1) is 19.8 Å². The van der Waals surface area contributed by atoms with Crippen molar-refractivity contribution in [1.82, 2.24) is 15.1 Å². The van der Waals surface area contributed by atoms with E-state index >= 15 is 0 Å². The van der Waals surface area contributed by atoms with Crippen molar-refractivity contribution in [3.05, 3.63) is 17.0 Å². The Morgan fingerprint density at radius 3 is 2.29 bits per heavy atom. The highest BCUT2D eigenvalue weighted by Gasteiger charge is 2.16. The van der Waals surface area contributed by atoms with Gasteiger partial charge >= 0.3 is 0 Å². The highest BCUT2D eigenvalue weighted by molar-refractivity contribution is 5.27. The van der Waals surface area contributed by atoms with Crippen LogP contribution >= 0.6 is 0 Å². The number of hydrogen-bond acceptors (Lipinski definition) is 2. The van der Waals surface area contributed by atoms with E-state index in [0.717, 1.165) is 19.0 Å². The highest BCUT2D eigenvalue weighted by Crippen LogP contribution is 2.21. The molecular formula is C18H35N3. The van der Waals surface area contributed by atoms with Crippen LogP contribution in [0.3, 0.4) is 0 Å². The molecule has 122 valence electrons. The van der Waals surface area contributed by atoms with Gasteiger partial charge in [0.15, 0.2) is 0 Å². The fourth-order valence-corrected chi connectivity index (χ4v) is 3.10. The molecule has 0 radical (unpaired) electrons. The molecule has 0 bridgehead atoms. The Bertz CT molecular complexity index is 407. The van der Waals surface area contributed by atoms with E-state index in [1.165, 1.54) is 49.1 Å². The molecule has 0 aliphatic heterocycles. The molecule has 1 rings (SSSR count). The normalized spacial score (nSPS) is 13.1. The maximum absolute atomic E-state index is 4.61. The number of unbranched alkanes of at least 4 members (excludes halogenated alkanes) is 3. The number of rotatable bonds is 10. The SMILES string of the molecule is CCn1nc(C)c(C(C)NCCCCCCC(C)C)c1C. The molecule has 0 aliphatic carbocycles. The maximum atomic E-state index is 4.61. The molecule has 1 N–H and O–H groups in total. The first-order valence-electron chi connectivity index (χ1n) is 8.74. The Morgan fingerprint density at radius 2 is 1.71 bits per heavy atom. The molecule has 3 heteroatoms. The maximum Gasteiger partial charge on any atom is 0.0644 e. The molecule has 0 aliphatic rings. The largest absolute Gasteiger partial charge is 0.310 e. The van der Waals surface area contributed by atoms with Gasteiger partial charge in [0.05, 0.1) is 5.69 Å². The highest BCUT2D eigenvalue weighted by atomic mass is 15.3. The van der Waals surface area contributed by atoms with Crippen molar-refractivity contribution < 1.29 is 0 Å². The summed E-state index contributed by atoms with van der Waals surface area (Å²) in [7, 11) is 0. The van der Waals surface area contributed by atoms with Gasteiger partial charge in [0.2, 0.25) is 0 Å². The predicted molar refractivity (Wildman–Crippen MR) is 91.7 cm³/mol. The summed E-state index contributed by atoms with van der Waals surface area (Å²) in [6.45, 7) is 15.4. The third kappa shape index (κ3) is 5.82. The van der Waals surface area contributed by atoms with Gasteiger partial charge in [0.25, 0.3) is 0 Å². The molecule has 1 heterocycles. The fraction of sp³-hybridized carbons (Fsp3) is 0.833. The Morgan fingerprint density at radius 1 is 1.05 bits per heavy atom. The lowest BCUT2D eigenvalue weighted by atomic mass is 10.0. The Labute approximate surface area is 131 Å². The summed E-state index contributed by atoms with van der Waals surface area (Å²) < 4.78 is 2.11. The molecule has 0 aromatic carbocycles. The van der Waals surface area contributed by atoms with Crippen molar-refractivity contribution in [2.45, 2.75) is 86.2 Å². The second-order valence-corrected chi connectivity index (χ2v) is 6.67. The van der Waals surface area contributed by atoms with Gasteiger partial charge in [0, 0.05) is 23.8 Å². The first-order valence-corrected chi connectivity index (χ1v) is 8.74. The van der Waals surface area contributed by atoms with Crippen LogP contribution in [0.2, 0.25) is 0 Å². The Hall–Kier alpha value is -0.830. The van der Waals surface area contributed by atoms with E-state index < -0.39 is 0 Å². The fourth-order valence-electron chi connectivity index (χ4n) is 3.10. The van der Waals surface area contributed by atoms with Crippen molar-refractivity contribution >= 4 is 0 Å². The van der Waals surface area contributed by atoms with E-state index in [-0.39, 0.29) is 0 Å². The topological polar surface area (TPSA) is 29.9 Å². The quantitative estimate of drug-likeness (QED) is 0.629. The van der Waals surface area contributed by atoms with Gasteiger partial charge in [-0.3, -0.25) is 4.68 Å². The first-order chi connectivity index (χ1) is 9.97. The second-order valence-electron chi connectivity index (χ2n) is 6.67. The Kier molecular flexibility index (Phi) is 8.02. The van der Waals surface area contributed by atoms with E-state index in [0.29, 0.717) is 6.04 Å². The molecular weight excluding hydrogens is 258 g/mol. The van der Waals surface area contributed by atoms with Crippen LogP contribution in [-0.2, 0) is 6.54 Å². The lowest BCUT2D eigenvalue weighted by Crippen LogP contribution is -2.21. The summed E-state index contributed by atoms with van der Waals surface area (Å²) in [4.78, 5) is 0. The zero-order valence-electron chi connectivity index (χ0n) is 15.0. The predicted octanol–water partition coefficient (Wildman–Crippen LogP) is 4.78. The van der Waals surface area contributed by atoms with Crippen LogP contribution < -0.4 is 5.32 Å². The molecule has 1 aromatic heterocycles. The summed E-state index contributed by atoms with van der Waals surface area (Å²) in [6.07, 6.45) is 6.76. The number of nitrogens with zero attached hydrogens (tertiary/aromatic N) is 2. The van der Waals surface area contributed by atoms with E-state index in [4.69, 9.17) is 0 Å². The van der Waals surface area contributed by atoms with Crippen molar-refractivity contribution in [2.24, 2.45) is 5.92 Å². The standard InChI is InChI=1S/C18H35N3/c1-7-21-17(6)18(16(5)20-21)15(4)19-13-11-9-8-10-12-14(2)3/h14-15,19H,7-13H2,1-6H3. The summed E-state index contributed by atoms with van der Waals surface area (Å²) in [5.41, 5.74) is 3.87. The van der Waals surface area contributed by atoms with E-state index in [1.54, 1.807) is 0 Å². The molecule has 0 saturated heterocycles. The number of nitrogens with one attached hydrogen (secondary N) is 1. The van der Waals surface area contributed by atoms with Crippen molar-refractivity contribution in [3.8, 4) is 0 Å². The minimum atomic E-state index is 0.404. The van der Waals surface area contributed by atoms with Crippen molar-refractivity contribution in [3.63, 3.8) is 0 Å². The number of aryl methyl sites for hydroxylation is 2. The van der Waals surface area contributed by atoms with Crippen LogP contribution in [0.1, 0.15) is 82.8 Å². The molecule has 21 heavy (non-hydrogen) atoms. The van der Waals surface area contributed by atoms with E-state index in [1.807, 2.05) is 0 Å². The summed E-state index contributed by atoms with van der Waals surface area (Å²) >= 11 is 0. The van der Waals surface area contributed by atoms with Gasteiger partial charge in [-0.1, -0.05) is 39.5 Å². The summed E-state index contributed by atoms with van der Waals surface area (Å²) in [5, 5.41) is 8.28. The average molecular weight is 293 g/mol. The van der Waals surface area contributed by atoms with Gasteiger partial charge in [-0.2, -0.15) is 5.10 Å². The van der Waals surface area contributed by atoms with E-state index in [2.05, 4.69) is 56.6 Å². The minimum Gasteiger partial charge on any atom is -0.310 e. The van der Waals surface area contributed by atoms with E-state index in [9.17, 15) is 0 Å². The van der Waals surface area contributed by atoms with Gasteiger partial charge in [-0.05, 0) is 46.6 Å². The lowest BCUT2D eigenvalue weighted by Gasteiger charge is -2.15. The van der Waals surface area contributed by atoms with Crippen LogP contribution in [0.5, 0.6) is 0 Å². The number of aromatic nitrogens is 2. The van der Waals surface area contributed by atoms with Crippen molar-refractivity contribution in [2.75, 3.05) is 6.54 Å². The Balaban J connectivity index is 2.28. The van der Waals surface area contributed by atoms with Crippen LogP contribution in [0.4, 0.5) is 0 Å². The first kappa shape index (κ1) is 18.2. The third-order valence-corrected chi connectivity index (χ3v) is 4.33. The lowest BCUT2D eigenvalue weighted by molar-refractivity contribution is 0.497. The smallest absolute Gasteiger partial charge is 0.0644 e. The van der Waals surface area contributed by atoms with Gasteiger partial charge in [-0.25, -0.2) is 0 Å². The van der Waals surface area contributed by atoms with Crippen molar-refractivity contribution in [1.29, 1.82) is 0 Å². The van der Waals surface area contributed by atoms with Crippen LogP contribution in [0.15, 0.2) is 0 Å². The summed E-state index contributed by atoms with van der Waals surface area (Å²) in [5.74, 6) is 0.851. The third-order valence-electron chi connectivity index (χ3n) is 4.33. The molecule has 1 unspecified atom stereocenters. The molecule has 0 fully saturated rings. The molecule has 1 atom stereocenters. The molecule has 0 spiro atoms. The van der Waals surface area contributed by atoms with Gasteiger partial charge < -0.3 is 5.32 Å². The monoisotopic (exact) mass is 293 g/mol. The molecule has 1 aromatic rings. The molecule has 0 amide bonds. The van der Waals surface area contributed by atoms with Crippen LogP contribution in [0.25, 0.3) is 0 Å². The zero-order valence-corrected chi connectivity index (χ0v) is 15.0. The number of hydrogen-bond donors (Lipinski definition) is 1. The molecule has 3 nitrogen and oxygen atoms in total. The average Bonchev–Trinajstić information content (AvgIpc) is 2.71. The molecule has 0 saturated carbocycles. The van der Waals surface area contributed by atoms with Crippen LogP contribution in [-0.4, -0.2) is 16.3 Å². The van der Waals surface area contributed by atoms with Gasteiger partial charge in [-0.15, -0.1) is 0 Å². The zero-order chi connectivity index (χ0) is 15.8. The minimum absolute atomic E-state index is 0.404. The van der Waals surface area contributed by atoms with Gasteiger partial charge in [0.1, 0.15) is 0 Å².